The van der Waals surface area contributed by atoms with E-state index in [1.165, 1.54) is 27.8 Å². The number of aromatic nitrogens is 2. The van der Waals surface area contributed by atoms with Gasteiger partial charge in [0, 0.05) is 19.5 Å². The van der Waals surface area contributed by atoms with Gasteiger partial charge in [-0.1, -0.05) is 18.3 Å². The number of benzene rings is 1. The van der Waals surface area contributed by atoms with Gasteiger partial charge in [-0.2, -0.15) is 4.31 Å². The first kappa shape index (κ1) is 19.8. The molecule has 10 heteroatoms. The summed E-state index contributed by atoms with van der Waals surface area (Å²) in [7, 11) is -3.76. The van der Waals surface area contributed by atoms with Crippen LogP contribution in [0.5, 0.6) is 0 Å². The van der Waals surface area contributed by atoms with Crippen molar-refractivity contribution in [3.63, 3.8) is 0 Å². The number of carbonyl (C=O) groups is 1. The molecule has 0 radical (unpaired) electrons. The molecule has 1 saturated heterocycles. The lowest BCUT2D eigenvalue weighted by molar-refractivity contribution is -0.120. The number of nitrogens with one attached hydrogen (secondary N) is 1. The van der Waals surface area contributed by atoms with Crippen molar-refractivity contribution in [1.29, 1.82) is 0 Å². The number of hydrogen-bond donors (Lipinski definition) is 1. The van der Waals surface area contributed by atoms with E-state index in [4.69, 9.17) is 0 Å². The van der Waals surface area contributed by atoms with Gasteiger partial charge in [0.1, 0.15) is 10.8 Å². The monoisotopic (exact) mass is 412 g/mol. The second-order valence-electron chi connectivity index (χ2n) is 6.40. The molecule has 0 saturated carbocycles. The average Bonchev–Trinajstić information content (AvgIpc) is 3.09. The van der Waals surface area contributed by atoms with Crippen molar-refractivity contribution in [3.8, 4) is 0 Å². The standard InChI is InChI=1S/C17H21FN4O3S2/c1-2-4-15-20-21-17(26-15)19-16(23)12-5-3-10-22(11-12)27(24,25)14-8-6-13(18)7-9-14/h6-9,12H,2-5,10-11H2,1H3,(H,19,21,23). The van der Waals surface area contributed by atoms with Crippen molar-refractivity contribution < 1.29 is 17.6 Å². The fraction of sp³-hybridized carbons (Fsp3) is 0.471. The van der Waals surface area contributed by atoms with Crippen molar-refractivity contribution in [2.24, 2.45) is 5.92 Å². The van der Waals surface area contributed by atoms with Crippen LogP contribution in [0.3, 0.4) is 0 Å². The maximum Gasteiger partial charge on any atom is 0.243 e. The van der Waals surface area contributed by atoms with Crippen molar-refractivity contribution in [2.45, 2.75) is 37.5 Å². The highest BCUT2D eigenvalue weighted by molar-refractivity contribution is 7.89. The Balaban J connectivity index is 1.67. The van der Waals surface area contributed by atoms with Gasteiger partial charge in [0.25, 0.3) is 0 Å². The zero-order valence-electron chi connectivity index (χ0n) is 14.9. The Morgan fingerprint density at radius 1 is 1.33 bits per heavy atom. The molecule has 146 valence electrons. The topological polar surface area (TPSA) is 92.3 Å². The second-order valence-corrected chi connectivity index (χ2v) is 9.40. The lowest BCUT2D eigenvalue weighted by Gasteiger charge is -2.31. The van der Waals surface area contributed by atoms with E-state index < -0.39 is 21.8 Å². The first-order valence-electron chi connectivity index (χ1n) is 8.79. The quantitative estimate of drug-likeness (QED) is 0.787. The number of anilines is 1. The normalized spacial score (nSPS) is 18.4. The molecule has 0 aliphatic carbocycles. The van der Waals surface area contributed by atoms with Crippen LogP contribution in [0.15, 0.2) is 29.2 Å². The maximum atomic E-state index is 13.1. The molecule has 27 heavy (non-hydrogen) atoms. The molecule has 7 nitrogen and oxygen atoms in total. The molecular weight excluding hydrogens is 391 g/mol. The number of halogens is 1. The number of aryl methyl sites for hydroxylation is 1. The summed E-state index contributed by atoms with van der Waals surface area (Å²) in [5, 5.41) is 12.0. The maximum absolute atomic E-state index is 13.1. The molecule has 1 unspecified atom stereocenters. The Kier molecular flexibility index (Phi) is 6.18. The highest BCUT2D eigenvalue weighted by Gasteiger charge is 2.33. The Morgan fingerprint density at radius 3 is 2.78 bits per heavy atom. The zero-order chi connectivity index (χ0) is 19.4. The van der Waals surface area contributed by atoms with Crippen LogP contribution in [0.1, 0.15) is 31.2 Å². The van der Waals surface area contributed by atoms with Gasteiger partial charge in [-0.25, -0.2) is 12.8 Å². The van der Waals surface area contributed by atoms with E-state index in [1.807, 2.05) is 6.92 Å². The van der Waals surface area contributed by atoms with Gasteiger partial charge in [0.05, 0.1) is 10.8 Å². The molecule has 1 fully saturated rings. The van der Waals surface area contributed by atoms with E-state index in [0.717, 1.165) is 30.0 Å². The van der Waals surface area contributed by atoms with Gasteiger partial charge in [0.15, 0.2) is 0 Å². The lowest BCUT2D eigenvalue weighted by atomic mass is 9.99. The van der Waals surface area contributed by atoms with E-state index in [2.05, 4.69) is 15.5 Å². The summed E-state index contributed by atoms with van der Waals surface area (Å²) in [6.45, 7) is 2.47. The molecule has 2 aromatic rings. The van der Waals surface area contributed by atoms with Crippen molar-refractivity contribution in [3.05, 3.63) is 35.1 Å². The minimum Gasteiger partial charge on any atom is -0.300 e. The van der Waals surface area contributed by atoms with Crippen molar-refractivity contribution >= 4 is 32.4 Å². The average molecular weight is 413 g/mol. The molecule has 1 atom stereocenters. The first-order valence-corrected chi connectivity index (χ1v) is 11.0. The lowest BCUT2D eigenvalue weighted by Crippen LogP contribution is -2.43. The van der Waals surface area contributed by atoms with Gasteiger partial charge in [-0.15, -0.1) is 10.2 Å². The summed E-state index contributed by atoms with van der Waals surface area (Å²) in [5.41, 5.74) is 0. The Labute approximate surface area is 161 Å². The smallest absolute Gasteiger partial charge is 0.243 e. The number of sulfonamides is 1. The molecule has 1 aromatic heterocycles. The third-order valence-corrected chi connectivity index (χ3v) is 7.14. The van der Waals surface area contributed by atoms with Gasteiger partial charge < -0.3 is 5.32 Å². The van der Waals surface area contributed by atoms with Crippen LogP contribution in [-0.4, -0.2) is 41.9 Å². The second kappa shape index (κ2) is 8.41. The molecule has 3 rings (SSSR count). The predicted molar refractivity (Wildman–Crippen MR) is 100 cm³/mol. The first-order chi connectivity index (χ1) is 12.9. The fourth-order valence-electron chi connectivity index (χ4n) is 2.96. The molecule has 1 aliphatic heterocycles. The number of piperidine rings is 1. The van der Waals surface area contributed by atoms with Crippen LogP contribution in [0.4, 0.5) is 9.52 Å². The highest BCUT2D eigenvalue weighted by Crippen LogP contribution is 2.25. The van der Waals surface area contributed by atoms with Gasteiger partial charge in [0.2, 0.25) is 21.1 Å². The van der Waals surface area contributed by atoms with E-state index in [0.29, 0.717) is 24.5 Å². The van der Waals surface area contributed by atoms with Crippen LogP contribution in [0, 0.1) is 11.7 Å². The Bertz CT molecular complexity index is 899. The van der Waals surface area contributed by atoms with E-state index in [9.17, 15) is 17.6 Å². The fourth-order valence-corrected chi connectivity index (χ4v) is 5.32. The van der Waals surface area contributed by atoms with Crippen LogP contribution in [0.25, 0.3) is 0 Å². The van der Waals surface area contributed by atoms with Crippen LogP contribution in [0.2, 0.25) is 0 Å². The third-order valence-electron chi connectivity index (χ3n) is 4.37. The summed E-state index contributed by atoms with van der Waals surface area (Å²) in [6.07, 6.45) is 2.93. The largest absolute Gasteiger partial charge is 0.300 e. The number of carbonyl (C=O) groups excluding carboxylic acids is 1. The van der Waals surface area contributed by atoms with Crippen molar-refractivity contribution in [1.82, 2.24) is 14.5 Å². The van der Waals surface area contributed by atoms with Crippen molar-refractivity contribution in [2.75, 3.05) is 18.4 Å². The molecule has 1 N–H and O–H groups in total. The van der Waals surface area contributed by atoms with E-state index in [-0.39, 0.29) is 17.3 Å². The predicted octanol–water partition coefficient (Wildman–Crippen LogP) is 2.67. The Morgan fingerprint density at radius 2 is 2.07 bits per heavy atom. The molecule has 1 aromatic carbocycles. The Hall–Kier alpha value is -1.91. The SMILES string of the molecule is CCCc1nnc(NC(=O)C2CCCN(S(=O)(=O)c3ccc(F)cc3)C2)s1. The minimum absolute atomic E-state index is 0.0262. The number of hydrogen-bond acceptors (Lipinski definition) is 6. The minimum atomic E-state index is -3.76. The molecular formula is C17H21FN4O3S2. The molecule has 0 bridgehead atoms. The summed E-state index contributed by atoms with van der Waals surface area (Å²) in [5.74, 6) is -1.22. The highest BCUT2D eigenvalue weighted by atomic mass is 32.2. The van der Waals surface area contributed by atoms with Gasteiger partial charge in [-0.05, 0) is 43.5 Å². The summed E-state index contributed by atoms with van der Waals surface area (Å²) < 4.78 is 39.9. The third kappa shape index (κ3) is 4.69. The van der Waals surface area contributed by atoms with Crippen LogP contribution >= 0.6 is 11.3 Å². The van der Waals surface area contributed by atoms with E-state index in [1.54, 1.807) is 0 Å². The summed E-state index contributed by atoms with van der Waals surface area (Å²) in [6, 6.07) is 4.71. The number of rotatable bonds is 6. The van der Waals surface area contributed by atoms with Crippen LogP contribution < -0.4 is 5.32 Å². The molecule has 2 heterocycles. The molecule has 1 amide bonds. The zero-order valence-corrected chi connectivity index (χ0v) is 16.5. The van der Waals surface area contributed by atoms with Gasteiger partial charge in [-0.3, -0.25) is 4.79 Å². The van der Waals surface area contributed by atoms with Crippen LogP contribution in [-0.2, 0) is 21.2 Å². The molecule has 0 spiro atoms. The molecule has 1 aliphatic rings. The van der Waals surface area contributed by atoms with E-state index >= 15 is 0 Å². The summed E-state index contributed by atoms with van der Waals surface area (Å²) >= 11 is 1.33. The van der Waals surface area contributed by atoms with Gasteiger partial charge >= 0.3 is 0 Å². The summed E-state index contributed by atoms with van der Waals surface area (Å²) in [4.78, 5) is 12.6. The number of nitrogens with zero attached hydrogens (tertiary/aromatic N) is 3. The number of amides is 1.